The molecular weight excluding hydrogens is 360 g/mol. The number of nitrogens with zero attached hydrogens (tertiary/aromatic N) is 3. The number of halogens is 1. The molecule has 1 saturated heterocycles. The molecule has 3 aliphatic rings. The molecule has 0 amide bonds. The molecule has 2 N–H and O–H groups in total. The van der Waals surface area contributed by atoms with Crippen LogP contribution in [-0.2, 0) is 9.47 Å². The number of rotatable bonds is 1. The first kappa shape index (κ1) is 14.6. The molecule has 4 rings (SSSR count). The molecule has 1 aromatic carbocycles. The Hall–Kier alpha value is -1.93. The minimum absolute atomic E-state index is 0.108. The highest BCUT2D eigenvalue weighted by atomic mass is 79.9. The van der Waals surface area contributed by atoms with Crippen molar-refractivity contribution in [2.45, 2.75) is 24.9 Å². The Morgan fingerprint density at radius 1 is 1.35 bits per heavy atom. The van der Waals surface area contributed by atoms with E-state index in [9.17, 15) is 10.5 Å². The number of nitriles is 2. The number of hydrogen-bond donors (Lipinski definition) is 1. The van der Waals surface area contributed by atoms with Crippen molar-refractivity contribution < 1.29 is 9.47 Å². The van der Waals surface area contributed by atoms with Crippen molar-refractivity contribution in [3.63, 3.8) is 0 Å². The Labute approximate surface area is 141 Å². The zero-order valence-corrected chi connectivity index (χ0v) is 13.9. The summed E-state index contributed by atoms with van der Waals surface area (Å²) >= 11 is 3.50. The van der Waals surface area contributed by atoms with Crippen LogP contribution in [0.1, 0.15) is 18.4 Å². The third-order valence-electron chi connectivity index (χ3n) is 5.02. The zero-order chi connectivity index (χ0) is 16.5. The highest BCUT2D eigenvalue weighted by Gasteiger charge is 2.94. The molecule has 0 unspecified atom stereocenters. The molecule has 7 heteroatoms. The molecule has 23 heavy (non-hydrogen) atoms. The minimum Gasteiger partial charge on any atom is -0.386 e. The van der Waals surface area contributed by atoms with E-state index >= 15 is 0 Å². The monoisotopic (exact) mass is 372 g/mol. The van der Waals surface area contributed by atoms with Crippen molar-refractivity contribution in [3.8, 4) is 12.1 Å². The third-order valence-corrected chi connectivity index (χ3v) is 5.74. The summed E-state index contributed by atoms with van der Waals surface area (Å²) in [6.45, 7) is 2.15. The summed E-state index contributed by atoms with van der Waals surface area (Å²) in [5.74, 6) is -1.85. The standard InChI is InChI=1S/C16H13BrN4O2/c1-9-6-22-16(23-9)15(8-19)12(10-4-2-3-5-11(10)17)14(15,7-18)13(20)21-16/h2-5,9,12H,6H2,1H3,(H2,20,21)/t9-,12+,14+,15+,16+/m0/s1. The maximum Gasteiger partial charge on any atom is 0.293 e. The molecule has 0 bridgehead atoms. The molecule has 2 heterocycles. The Balaban J connectivity index is 1.95. The van der Waals surface area contributed by atoms with Gasteiger partial charge < -0.3 is 15.2 Å². The van der Waals surface area contributed by atoms with Crippen molar-refractivity contribution in [1.82, 2.24) is 0 Å². The molecule has 0 aromatic heterocycles. The summed E-state index contributed by atoms with van der Waals surface area (Å²) in [6.07, 6.45) is -0.216. The number of hydrogen-bond acceptors (Lipinski definition) is 6. The molecule has 2 aliphatic heterocycles. The van der Waals surface area contributed by atoms with Crippen molar-refractivity contribution in [1.29, 1.82) is 10.5 Å². The number of amidine groups is 1. The van der Waals surface area contributed by atoms with Gasteiger partial charge in [-0.05, 0) is 18.6 Å². The predicted molar refractivity (Wildman–Crippen MR) is 83.8 cm³/mol. The molecular formula is C16H13BrN4O2. The summed E-state index contributed by atoms with van der Waals surface area (Å²) in [7, 11) is 0. The fraction of sp³-hybridized carbons (Fsp3) is 0.438. The van der Waals surface area contributed by atoms with Crippen LogP contribution in [0.5, 0.6) is 0 Å². The van der Waals surface area contributed by atoms with Gasteiger partial charge in [-0.15, -0.1) is 0 Å². The molecule has 1 aromatic rings. The second kappa shape index (κ2) is 4.33. The van der Waals surface area contributed by atoms with Crippen LogP contribution in [0.4, 0.5) is 0 Å². The van der Waals surface area contributed by atoms with Crippen molar-refractivity contribution in [2.75, 3.05) is 6.61 Å². The number of fused-ring (bicyclic) bond motifs is 2. The lowest BCUT2D eigenvalue weighted by molar-refractivity contribution is -0.193. The van der Waals surface area contributed by atoms with Crippen LogP contribution in [0.25, 0.3) is 0 Å². The van der Waals surface area contributed by atoms with Crippen LogP contribution in [0.3, 0.4) is 0 Å². The average Bonchev–Trinajstić information content (AvgIpc) is 2.91. The largest absolute Gasteiger partial charge is 0.386 e. The van der Waals surface area contributed by atoms with E-state index in [1.54, 1.807) is 0 Å². The van der Waals surface area contributed by atoms with E-state index < -0.39 is 22.7 Å². The summed E-state index contributed by atoms with van der Waals surface area (Å²) in [4.78, 5) is 4.28. The van der Waals surface area contributed by atoms with Crippen molar-refractivity contribution in [3.05, 3.63) is 34.3 Å². The van der Waals surface area contributed by atoms with E-state index in [1.165, 1.54) is 0 Å². The maximum absolute atomic E-state index is 10.0. The van der Waals surface area contributed by atoms with Crippen molar-refractivity contribution >= 4 is 21.8 Å². The number of aliphatic imine (C=N–C) groups is 1. The van der Waals surface area contributed by atoms with Crippen LogP contribution in [0.15, 0.2) is 33.7 Å². The molecule has 1 aliphatic carbocycles. The predicted octanol–water partition coefficient (Wildman–Crippen LogP) is 2.03. The summed E-state index contributed by atoms with van der Waals surface area (Å²) in [6, 6.07) is 12.0. The lowest BCUT2D eigenvalue weighted by atomic mass is 9.94. The van der Waals surface area contributed by atoms with Gasteiger partial charge in [-0.1, -0.05) is 34.1 Å². The van der Waals surface area contributed by atoms with Gasteiger partial charge in [0.05, 0.1) is 24.8 Å². The first-order valence-electron chi connectivity index (χ1n) is 7.23. The molecule has 116 valence electrons. The highest BCUT2D eigenvalue weighted by Crippen LogP contribution is 2.82. The smallest absolute Gasteiger partial charge is 0.293 e. The highest BCUT2D eigenvalue weighted by molar-refractivity contribution is 9.10. The summed E-state index contributed by atoms with van der Waals surface area (Å²) in [5, 5.41) is 19.9. The van der Waals surface area contributed by atoms with Crippen molar-refractivity contribution in [2.24, 2.45) is 21.6 Å². The number of benzene rings is 1. The van der Waals surface area contributed by atoms with E-state index in [2.05, 4.69) is 33.1 Å². The van der Waals surface area contributed by atoms with E-state index in [0.717, 1.165) is 10.0 Å². The van der Waals surface area contributed by atoms with Crippen LogP contribution < -0.4 is 5.73 Å². The lowest BCUT2D eigenvalue weighted by Crippen LogP contribution is -2.39. The fourth-order valence-corrected chi connectivity index (χ4v) is 4.55. The number of ether oxygens (including phenoxy) is 2. The minimum atomic E-state index is -1.50. The summed E-state index contributed by atoms with van der Waals surface area (Å²) in [5.41, 5.74) is 4.44. The SMILES string of the molecule is C[C@H]1CO[C@@]2(N=C(N)[C@@]3(C#N)[C@@H](c4ccccc4Br)[C@@]23C#N)O1. The first-order valence-corrected chi connectivity index (χ1v) is 8.03. The maximum atomic E-state index is 10.0. The zero-order valence-electron chi connectivity index (χ0n) is 12.3. The van der Waals surface area contributed by atoms with Crippen LogP contribution in [-0.4, -0.2) is 24.5 Å². The second-order valence-electron chi connectivity index (χ2n) is 6.11. The van der Waals surface area contributed by atoms with Gasteiger partial charge in [0, 0.05) is 10.4 Å². The Kier molecular flexibility index (Phi) is 2.76. The quantitative estimate of drug-likeness (QED) is 0.811. The lowest BCUT2D eigenvalue weighted by Gasteiger charge is -2.26. The number of nitrogens with two attached hydrogens (primary N) is 1. The Morgan fingerprint density at radius 2 is 2.09 bits per heavy atom. The average molecular weight is 373 g/mol. The van der Waals surface area contributed by atoms with E-state index in [1.807, 2.05) is 31.2 Å². The van der Waals surface area contributed by atoms with Gasteiger partial charge in [0.15, 0.2) is 5.41 Å². The molecule has 2 fully saturated rings. The summed E-state index contributed by atoms with van der Waals surface area (Å²) < 4.78 is 12.5. The topological polar surface area (TPSA) is 104 Å². The molecule has 0 radical (unpaired) electrons. The van der Waals surface area contributed by atoms with Gasteiger partial charge in [0.1, 0.15) is 11.3 Å². The third kappa shape index (κ3) is 1.37. The Morgan fingerprint density at radius 3 is 2.65 bits per heavy atom. The van der Waals surface area contributed by atoms with Crippen LogP contribution in [0, 0.1) is 33.5 Å². The first-order chi connectivity index (χ1) is 11.0. The van der Waals surface area contributed by atoms with Crippen LogP contribution >= 0.6 is 15.9 Å². The van der Waals surface area contributed by atoms with E-state index in [0.29, 0.717) is 6.61 Å². The van der Waals surface area contributed by atoms with Gasteiger partial charge in [-0.2, -0.15) is 10.5 Å². The Bertz CT molecular complexity index is 828. The second-order valence-corrected chi connectivity index (χ2v) is 6.97. The van der Waals surface area contributed by atoms with Gasteiger partial charge in [-0.25, -0.2) is 4.99 Å². The van der Waals surface area contributed by atoms with Gasteiger partial charge in [0.2, 0.25) is 0 Å². The molecule has 6 nitrogen and oxygen atoms in total. The van der Waals surface area contributed by atoms with Gasteiger partial charge >= 0.3 is 0 Å². The fourth-order valence-electron chi connectivity index (χ4n) is 4.04. The van der Waals surface area contributed by atoms with E-state index in [4.69, 9.17) is 15.2 Å². The van der Waals surface area contributed by atoms with Gasteiger partial charge in [0.25, 0.3) is 5.91 Å². The van der Waals surface area contributed by atoms with Gasteiger partial charge in [-0.3, -0.25) is 0 Å². The van der Waals surface area contributed by atoms with Crippen LogP contribution in [0.2, 0.25) is 0 Å². The molecule has 1 saturated carbocycles. The van der Waals surface area contributed by atoms with E-state index in [-0.39, 0.29) is 11.9 Å². The molecule has 1 spiro atoms. The normalized spacial score (nSPS) is 43.6. The molecule has 5 atom stereocenters.